The van der Waals surface area contributed by atoms with E-state index in [2.05, 4.69) is 5.32 Å². The van der Waals surface area contributed by atoms with Gasteiger partial charge in [0.2, 0.25) is 0 Å². The van der Waals surface area contributed by atoms with Gasteiger partial charge in [0.05, 0.1) is 11.4 Å². The molecule has 4 heteroatoms. The van der Waals surface area contributed by atoms with Crippen LogP contribution in [0.15, 0.2) is 66.7 Å². The van der Waals surface area contributed by atoms with Crippen LogP contribution in [-0.4, -0.2) is 11.8 Å². The fourth-order valence-corrected chi connectivity index (χ4v) is 2.09. The molecule has 1 aliphatic heterocycles. The summed E-state index contributed by atoms with van der Waals surface area (Å²) in [5.41, 5.74) is 2.16. The van der Waals surface area contributed by atoms with Gasteiger partial charge in [-0.2, -0.15) is 0 Å². The lowest BCUT2D eigenvalue weighted by molar-refractivity contribution is -0.119. The minimum absolute atomic E-state index is 0.322. The largest absolute Gasteiger partial charge is 0.354 e. The Morgan fingerprint density at radius 3 is 2.05 bits per heavy atom. The molecule has 0 saturated heterocycles. The number of benzene rings is 2. The van der Waals surface area contributed by atoms with Crippen molar-refractivity contribution < 1.29 is 9.59 Å². The fourth-order valence-electron chi connectivity index (χ4n) is 2.09. The van der Waals surface area contributed by atoms with Crippen molar-refractivity contribution >= 4 is 28.9 Å². The molecule has 0 saturated carbocycles. The van der Waals surface area contributed by atoms with Crippen molar-refractivity contribution in [3.8, 4) is 0 Å². The zero-order valence-corrected chi connectivity index (χ0v) is 10.6. The van der Waals surface area contributed by atoms with E-state index in [4.69, 9.17) is 0 Å². The Hall–Kier alpha value is -2.88. The van der Waals surface area contributed by atoms with Crippen molar-refractivity contribution in [2.45, 2.75) is 0 Å². The normalized spacial score (nSPS) is 13.9. The van der Waals surface area contributed by atoms with Gasteiger partial charge in [-0.25, -0.2) is 4.90 Å². The predicted molar refractivity (Wildman–Crippen MR) is 77.8 cm³/mol. The molecule has 0 atom stereocenters. The van der Waals surface area contributed by atoms with Crippen LogP contribution < -0.4 is 10.2 Å². The van der Waals surface area contributed by atoms with Crippen molar-refractivity contribution in [1.29, 1.82) is 0 Å². The van der Waals surface area contributed by atoms with Crippen molar-refractivity contribution in [2.75, 3.05) is 10.2 Å². The third kappa shape index (κ3) is 2.19. The number of imide groups is 1. The van der Waals surface area contributed by atoms with Crippen molar-refractivity contribution in [3.05, 3.63) is 66.7 Å². The number of hydrogen-bond acceptors (Lipinski definition) is 3. The fraction of sp³-hybridized carbons (Fsp3) is 0. The maximum atomic E-state index is 11.8. The molecular formula is C16H12N2O2. The Balaban J connectivity index is 1.97. The molecule has 0 bridgehead atoms. The van der Waals surface area contributed by atoms with Crippen LogP contribution in [0.4, 0.5) is 17.1 Å². The molecule has 0 spiro atoms. The standard InChI is InChI=1S/C16H12N2O2/c19-15-10-11-16(20)18(15)14-9-5-4-8-13(14)17-12-6-2-1-3-7-12/h1-11,17H. The summed E-state index contributed by atoms with van der Waals surface area (Å²) >= 11 is 0. The van der Waals surface area contributed by atoms with Crippen molar-refractivity contribution in [3.63, 3.8) is 0 Å². The average Bonchev–Trinajstić information content (AvgIpc) is 2.80. The first-order valence-corrected chi connectivity index (χ1v) is 6.23. The molecule has 0 aromatic heterocycles. The Morgan fingerprint density at radius 2 is 1.35 bits per heavy atom. The van der Waals surface area contributed by atoms with E-state index in [9.17, 15) is 9.59 Å². The lowest BCUT2D eigenvalue weighted by Crippen LogP contribution is -2.30. The highest BCUT2D eigenvalue weighted by atomic mass is 16.2. The summed E-state index contributed by atoms with van der Waals surface area (Å²) in [4.78, 5) is 24.7. The third-order valence-electron chi connectivity index (χ3n) is 3.01. The van der Waals surface area contributed by atoms with Gasteiger partial charge in [0.15, 0.2) is 0 Å². The van der Waals surface area contributed by atoms with Gasteiger partial charge in [0.1, 0.15) is 0 Å². The van der Waals surface area contributed by atoms with Gasteiger partial charge in [0.25, 0.3) is 11.8 Å². The van der Waals surface area contributed by atoms with Crippen LogP contribution in [0.1, 0.15) is 0 Å². The topological polar surface area (TPSA) is 49.4 Å². The van der Waals surface area contributed by atoms with Gasteiger partial charge in [-0.1, -0.05) is 30.3 Å². The summed E-state index contributed by atoms with van der Waals surface area (Å²) in [6.45, 7) is 0. The zero-order chi connectivity index (χ0) is 13.9. The van der Waals surface area contributed by atoms with Crippen LogP contribution in [0.5, 0.6) is 0 Å². The zero-order valence-electron chi connectivity index (χ0n) is 10.6. The lowest BCUT2D eigenvalue weighted by Gasteiger charge is -2.19. The van der Waals surface area contributed by atoms with Gasteiger partial charge in [-0.15, -0.1) is 0 Å². The molecular weight excluding hydrogens is 252 g/mol. The van der Waals surface area contributed by atoms with Crippen molar-refractivity contribution in [1.82, 2.24) is 0 Å². The molecule has 3 rings (SSSR count). The number of para-hydroxylation sites is 3. The SMILES string of the molecule is O=C1C=CC(=O)N1c1ccccc1Nc1ccccc1. The minimum atomic E-state index is -0.322. The van der Waals surface area contributed by atoms with Crippen molar-refractivity contribution in [2.24, 2.45) is 0 Å². The molecule has 0 aliphatic carbocycles. The second-order valence-corrected chi connectivity index (χ2v) is 4.35. The lowest BCUT2D eigenvalue weighted by atomic mass is 10.2. The highest BCUT2D eigenvalue weighted by molar-refractivity contribution is 6.29. The molecule has 2 aromatic rings. The van der Waals surface area contributed by atoms with E-state index in [0.717, 1.165) is 10.6 Å². The first-order valence-electron chi connectivity index (χ1n) is 6.23. The number of carbonyl (C=O) groups excluding carboxylic acids is 2. The van der Waals surface area contributed by atoms with E-state index in [1.54, 1.807) is 12.1 Å². The van der Waals surface area contributed by atoms with E-state index in [1.165, 1.54) is 12.2 Å². The molecule has 2 aromatic carbocycles. The van der Waals surface area contributed by atoms with E-state index < -0.39 is 0 Å². The summed E-state index contributed by atoms with van der Waals surface area (Å²) in [7, 11) is 0. The van der Waals surface area contributed by atoms with Crippen LogP contribution in [0, 0.1) is 0 Å². The molecule has 20 heavy (non-hydrogen) atoms. The number of hydrogen-bond donors (Lipinski definition) is 1. The maximum absolute atomic E-state index is 11.8. The van der Waals surface area contributed by atoms with Crippen LogP contribution in [0.3, 0.4) is 0 Å². The molecule has 1 N–H and O–H groups in total. The summed E-state index contributed by atoms with van der Waals surface area (Å²) < 4.78 is 0. The average molecular weight is 264 g/mol. The highest BCUT2D eigenvalue weighted by Crippen LogP contribution is 2.30. The Labute approximate surface area is 116 Å². The quantitative estimate of drug-likeness (QED) is 0.867. The Bertz CT molecular complexity index is 675. The van der Waals surface area contributed by atoms with Crippen LogP contribution in [-0.2, 0) is 9.59 Å². The van der Waals surface area contributed by atoms with Gasteiger partial charge < -0.3 is 5.32 Å². The van der Waals surface area contributed by atoms with E-state index >= 15 is 0 Å². The molecule has 0 unspecified atom stereocenters. The van der Waals surface area contributed by atoms with Crippen LogP contribution in [0.2, 0.25) is 0 Å². The predicted octanol–water partition coefficient (Wildman–Crippen LogP) is 2.86. The summed E-state index contributed by atoms with van der Waals surface area (Å²) in [5, 5.41) is 3.22. The second-order valence-electron chi connectivity index (χ2n) is 4.35. The molecule has 1 aliphatic rings. The van der Waals surface area contributed by atoms with E-state index in [0.29, 0.717) is 11.4 Å². The van der Waals surface area contributed by atoms with Gasteiger partial charge in [-0.3, -0.25) is 9.59 Å². The summed E-state index contributed by atoms with van der Waals surface area (Å²) in [5.74, 6) is -0.644. The maximum Gasteiger partial charge on any atom is 0.258 e. The number of carbonyl (C=O) groups is 2. The third-order valence-corrected chi connectivity index (χ3v) is 3.01. The molecule has 0 radical (unpaired) electrons. The summed E-state index contributed by atoms with van der Waals surface area (Å²) in [6.07, 6.45) is 2.56. The molecule has 1 heterocycles. The summed E-state index contributed by atoms with van der Waals surface area (Å²) in [6, 6.07) is 16.8. The van der Waals surface area contributed by atoms with Crippen LogP contribution >= 0.6 is 0 Å². The Kier molecular flexibility index (Phi) is 3.05. The minimum Gasteiger partial charge on any atom is -0.354 e. The smallest absolute Gasteiger partial charge is 0.258 e. The van der Waals surface area contributed by atoms with Gasteiger partial charge in [-0.05, 0) is 24.3 Å². The number of anilines is 3. The Morgan fingerprint density at radius 1 is 0.750 bits per heavy atom. The van der Waals surface area contributed by atoms with Gasteiger partial charge in [0, 0.05) is 17.8 Å². The molecule has 98 valence electrons. The first-order chi connectivity index (χ1) is 9.75. The van der Waals surface area contributed by atoms with E-state index in [1.807, 2.05) is 42.5 Å². The van der Waals surface area contributed by atoms with Gasteiger partial charge >= 0.3 is 0 Å². The number of rotatable bonds is 3. The number of amides is 2. The number of nitrogens with zero attached hydrogens (tertiary/aromatic N) is 1. The molecule has 4 nitrogen and oxygen atoms in total. The van der Waals surface area contributed by atoms with Crippen LogP contribution in [0.25, 0.3) is 0 Å². The highest BCUT2D eigenvalue weighted by Gasteiger charge is 2.26. The first kappa shape index (κ1) is 12.2. The van der Waals surface area contributed by atoms with E-state index in [-0.39, 0.29) is 11.8 Å². The molecule has 0 fully saturated rings. The monoisotopic (exact) mass is 264 g/mol. The second kappa shape index (κ2) is 5.01. The number of nitrogens with one attached hydrogen (secondary N) is 1. The molecule has 2 amide bonds.